The third kappa shape index (κ3) is 2.62. The van der Waals surface area contributed by atoms with Crippen molar-refractivity contribution in [2.45, 2.75) is 19.8 Å². The highest BCUT2D eigenvalue weighted by molar-refractivity contribution is 5.84. The van der Waals surface area contributed by atoms with E-state index in [2.05, 4.69) is 27.5 Å². The Hall–Kier alpha value is -2.70. The molecule has 0 radical (unpaired) electrons. The van der Waals surface area contributed by atoms with E-state index in [-0.39, 0.29) is 17.0 Å². The van der Waals surface area contributed by atoms with E-state index in [1.165, 1.54) is 6.07 Å². The minimum Gasteiger partial charge on any atom is -0.493 e. The number of fused-ring (bicyclic) bond motifs is 1. The predicted molar refractivity (Wildman–Crippen MR) is 76.1 cm³/mol. The molecule has 0 aliphatic carbocycles. The van der Waals surface area contributed by atoms with Crippen molar-refractivity contribution >= 4 is 11.0 Å². The van der Waals surface area contributed by atoms with Gasteiger partial charge in [0.25, 0.3) is 0 Å². The Balaban J connectivity index is 2.07. The van der Waals surface area contributed by atoms with Crippen LogP contribution in [0, 0.1) is 0 Å². The zero-order valence-electron chi connectivity index (χ0n) is 11.5. The number of nitrogens with one attached hydrogen (secondary N) is 1. The van der Waals surface area contributed by atoms with E-state index in [1.54, 1.807) is 18.2 Å². The average molecular weight is 286 g/mol. The van der Waals surface area contributed by atoms with Crippen molar-refractivity contribution < 1.29 is 9.15 Å². The molecule has 108 valence electrons. The van der Waals surface area contributed by atoms with Crippen LogP contribution in [0.15, 0.2) is 33.5 Å². The average Bonchev–Trinajstić information content (AvgIpc) is 3.01. The normalized spacial score (nSPS) is 10.9. The number of benzene rings is 1. The standard InChI is InChI=1S/C14H14N4O3/c1-2-3-7-20-10-5-4-6-11-13(10)9(19)8-12(21-11)14-15-17-18-16-14/h4-6,8H,2-3,7H2,1H3,(H,15,16,17,18). The van der Waals surface area contributed by atoms with E-state index < -0.39 is 0 Å². The predicted octanol–water partition coefficient (Wildman–Crippen LogP) is 2.15. The zero-order chi connectivity index (χ0) is 14.7. The van der Waals surface area contributed by atoms with E-state index in [9.17, 15) is 4.79 Å². The number of tetrazole rings is 1. The molecule has 1 aromatic carbocycles. The number of hydrogen-bond acceptors (Lipinski definition) is 6. The van der Waals surface area contributed by atoms with Gasteiger partial charge in [0.2, 0.25) is 5.82 Å². The van der Waals surface area contributed by atoms with Gasteiger partial charge in [0.15, 0.2) is 11.2 Å². The van der Waals surface area contributed by atoms with E-state index in [0.29, 0.717) is 23.3 Å². The number of H-pyrrole nitrogens is 1. The molecule has 0 amide bonds. The molecule has 1 N–H and O–H groups in total. The molecule has 7 nitrogen and oxygen atoms in total. The van der Waals surface area contributed by atoms with Gasteiger partial charge in [-0.25, -0.2) is 0 Å². The summed E-state index contributed by atoms with van der Waals surface area (Å²) in [5.74, 6) is 1.05. The van der Waals surface area contributed by atoms with Crippen molar-refractivity contribution in [3.05, 3.63) is 34.5 Å². The molecule has 3 aromatic rings. The summed E-state index contributed by atoms with van der Waals surface area (Å²) < 4.78 is 11.3. The summed E-state index contributed by atoms with van der Waals surface area (Å²) in [5.41, 5.74) is 0.249. The summed E-state index contributed by atoms with van der Waals surface area (Å²) in [6.45, 7) is 2.65. The second kappa shape index (κ2) is 5.74. The van der Waals surface area contributed by atoms with Crippen LogP contribution in [-0.4, -0.2) is 27.2 Å². The summed E-state index contributed by atoms with van der Waals surface area (Å²) in [6, 6.07) is 6.61. The zero-order valence-corrected chi connectivity index (χ0v) is 11.5. The van der Waals surface area contributed by atoms with Crippen LogP contribution in [0.2, 0.25) is 0 Å². The van der Waals surface area contributed by atoms with E-state index in [1.807, 2.05) is 0 Å². The van der Waals surface area contributed by atoms with Gasteiger partial charge in [0.1, 0.15) is 16.7 Å². The van der Waals surface area contributed by atoms with Crippen molar-refractivity contribution in [2.75, 3.05) is 6.61 Å². The van der Waals surface area contributed by atoms with Crippen LogP contribution in [0.5, 0.6) is 5.75 Å². The third-order valence-corrected chi connectivity index (χ3v) is 3.04. The lowest BCUT2D eigenvalue weighted by molar-refractivity contribution is 0.312. The minimum atomic E-state index is -0.192. The molecule has 0 bridgehead atoms. The topological polar surface area (TPSA) is 93.9 Å². The van der Waals surface area contributed by atoms with Crippen LogP contribution in [0.4, 0.5) is 0 Å². The Morgan fingerprint density at radius 3 is 3.05 bits per heavy atom. The molecule has 2 aromatic heterocycles. The first-order valence-corrected chi connectivity index (χ1v) is 6.73. The smallest absolute Gasteiger partial charge is 0.239 e. The molecule has 21 heavy (non-hydrogen) atoms. The van der Waals surface area contributed by atoms with Crippen LogP contribution >= 0.6 is 0 Å². The number of rotatable bonds is 5. The molecule has 0 fully saturated rings. The lowest BCUT2D eigenvalue weighted by Crippen LogP contribution is -2.05. The summed E-state index contributed by atoms with van der Waals surface area (Å²) in [7, 11) is 0. The first-order chi connectivity index (χ1) is 10.3. The number of unbranched alkanes of at least 4 members (excludes halogenated alkanes) is 1. The maximum atomic E-state index is 12.3. The van der Waals surface area contributed by atoms with Gasteiger partial charge in [-0.05, 0) is 23.8 Å². The van der Waals surface area contributed by atoms with Gasteiger partial charge in [-0.15, -0.1) is 10.2 Å². The Labute approximate surface area is 119 Å². The van der Waals surface area contributed by atoms with E-state index in [4.69, 9.17) is 9.15 Å². The third-order valence-electron chi connectivity index (χ3n) is 3.04. The summed E-state index contributed by atoms with van der Waals surface area (Å²) in [4.78, 5) is 12.3. The number of aromatic nitrogens is 4. The fourth-order valence-electron chi connectivity index (χ4n) is 2.00. The number of hydrogen-bond donors (Lipinski definition) is 1. The van der Waals surface area contributed by atoms with Gasteiger partial charge in [-0.1, -0.05) is 19.4 Å². The van der Waals surface area contributed by atoms with Gasteiger partial charge in [0.05, 0.1) is 6.61 Å². The molecule has 0 saturated heterocycles. The lowest BCUT2D eigenvalue weighted by atomic mass is 10.2. The molecule has 0 spiro atoms. The summed E-state index contributed by atoms with van der Waals surface area (Å²) >= 11 is 0. The monoisotopic (exact) mass is 286 g/mol. The Bertz CT molecular complexity index is 796. The molecule has 2 heterocycles. The van der Waals surface area contributed by atoms with E-state index in [0.717, 1.165) is 12.8 Å². The van der Waals surface area contributed by atoms with Crippen LogP contribution in [0.25, 0.3) is 22.6 Å². The van der Waals surface area contributed by atoms with Crippen molar-refractivity contribution in [3.63, 3.8) is 0 Å². The van der Waals surface area contributed by atoms with Crippen LogP contribution in [0.1, 0.15) is 19.8 Å². The SMILES string of the molecule is CCCCOc1cccc2oc(-c3nn[nH]n3)cc(=O)c12. The highest BCUT2D eigenvalue weighted by Gasteiger charge is 2.13. The van der Waals surface area contributed by atoms with Crippen LogP contribution in [-0.2, 0) is 0 Å². The molecule has 0 aliphatic heterocycles. The molecule has 0 saturated carbocycles. The van der Waals surface area contributed by atoms with Crippen LogP contribution in [0.3, 0.4) is 0 Å². The number of aromatic amines is 1. The van der Waals surface area contributed by atoms with Crippen molar-refractivity contribution in [1.29, 1.82) is 0 Å². The minimum absolute atomic E-state index is 0.192. The maximum absolute atomic E-state index is 12.3. The fraction of sp³-hybridized carbons (Fsp3) is 0.286. The quantitative estimate of drug-likeness (QED) is 0.722. The molecule has 0 aliphatic rings. The van der Waals surface area contributed by atoms with Gasteiger partial charge in [-0.3, -0.25) is 4.79 Å². The molecular weight excluding hydrogens is 272 g/mol. The molecule has 7 heteroatoms. The highest BCUT2D eigenvalue weighted by Crippen LogP contribution is 2.25. The largest absolute Gasteiger partial charge is 0.493 e. The molecule has 3 rings (SSSR count). The van der Waals surface area contributed by atoms with E-state index >= 15 is 0 Å². The van der Waals surface area contributed by atoms with Crippen molar-refractivity contribution in [3.8, 4) is 17.3 Å². The first-order valence-electron chi connectivity index (χ1n) is 6.73. The van der Waals surface area contributed by atoms with Crippen molar-refractivity contribution in [1.82, 2.24) is 20.6 Å². The highest BCUT2D eigenvalue weighted by atomic mass is 16.5. The molecule has 0 unspecified atom stereocenters. The Kier molecular flexibility index (Phi) is 3.63. The summed E-state index contributed by atoms with van der Waals surface area (Å²) in [6.07, 6.45) is 1.96. The molecule has 0 atom stereocenters. The van der Waals surface area contributed by atoms with Gasteiger partial charge < -0.3 is 9.15 Å². The Morgan fingerprint density at radius 2 is 2.29 bits per heavy atom. The van der Waals surface area contributed by atoms with Gasteiger partial charge in [-0.2, -0.15) is 5.21 Å². The first kappa shape index (κ1) is 13.3. The maximum Gasteiger partial charge on any atom is 0.239 e. The van der Waals surface area contributed by atoms with Crippen molar-refractivity contribution in [2.24, 2.45) is 0 Å². The summed E-state index contributed by atoms with van der Waals surface area (Å²) in [5, 5.41) is 13.8. The number of nitrogens with zero attached hydrogens (tertiary/aromatic N) is 3. The van der Waals surface area contributed by atoms with Crippen LogP contribution < -0.4 is 10.2 Å². The van der Waals surface area contributed by atoms with Gasteiger partial charge in [0, 0.05) is 6.07 Å². The molecular formula is C14H14N4O3. The van der Waals surface area contributed by atoms with Gasteiger partial charge >= 0.3 is 0 Å². The fourth-order valence-corrected chi connectivity index (χ4v) is 2.00. The lowest BCUT2D eigenvalue weighted by Gasteiger charge is -2.08. The second-order valence-corrected chi connectivity index (χ2v) is 4.54. The number of ether oxygens (including phenoxy) is 1. The second-order valence-electron chi connectivity index (χ2n) is 4.54. The Morgan fingerprint density at radius 1 is 1.38 bits per heavy atom.